The van der Waals surface area contributed by atoms with E-state index in [1.807, 2.05) is 12.4 Å². The van der Waals surface area contributed by atoms with E-state index in [0.29, 0.717) is 0 Å². The number of nitrogens with one attached hydrogen (secondary N) is 1. The Bertz CT molecular complexity index is 805. The van der Waals surface area contributed by atoms with Crippen molar-refractivity contribution in [1.29, 1.82) is 0 Å². The minimum absolute atomic E-state index is 0.120. The zero-order valence-electron chi connectivity index (χ0n) is 13.2. The zero-order chi connectivity index (χ0) is 16.4. The molecule has 24 heavy (non-hydrogen) atoms. The molecule has 1 N–H and O–H groups in total. The lowest BCUT2D eigenvalue weighted by Crippen LogP contribution is -2.33. The molecule has 0 bridgehead atoms. The lowest BCUT2D eigenvalue weighted by Gasteiger charge is -2.24. The summed E-state index contributed by atoms with van der Waals surface area (Å²) in [4.78, 5) is 0. The standard InChI is InChI=1S/C19H18FN3O/c20-17-5-7-18(8-6-17)23-13-16(11-22-23)14-1-3-15(4-2-14)19-12-21-9-10-24-19/h1-8,11,13,19,21H,9-10,12H2/t19-/m1/s1. The number of benzene rings is 2. The smallest absolute Gasteiger partial charge is 0.123 e. The third kappa shape index (κ3) is 3.09. The van der Waals surface area contributed by atoms with E-state index in [2.05, 4.69) is 34.7 Å². The highest BCUT2D eigenvalue weighted by Gasteiger charge is 2.15. The summed E-state index contributed by atoms with van der Waals surface area (Å²) in [5, 5.41) is 7.70. The molecule has 0 aliphatic carbocycles. The van der Waals surface area contributed by atoms with Crippen molar-refractivity contribution < 1.29 is 9.13 Å². The summed E-state index contributed by atoms with van der Waals surface area (Å²) in [6, 6.07) is 14.7. The van der Waals surface area contributed by atoms with E-state index in [9.17, 15) is 4.39 Å². The predicted molar refractivity (Wildman–Crippen MR) is 90.5 cm³/mol. The molecule has 0 saturated carbocycles. The number of ether oxygens (including phenoxy) is 1. The first-order valence-corrected chi connectivity index (χ1v) is 8.03. The number of aromatic nitrogens is 2. The maximum Gasteiger partial charge on any atom is 0.123 e. The summed E-state index contributed by atoms with van der Waals surface area (Å²) in [5.74, 6) is -0.249. The minimum Gasteiger partial charge on any atom is -0.371 e. The van der Waals surface area contributed by atoms with Crippen LogP contribution in [0.2, 0.25) is 0 Å². The number of halogens is 1. The van der Waals surface area contributed by atoms with Crippen LogP contribution in [0.1, 0.15) is 11.7 Å². The fourth-order valence-electron chi connectivity index (χ4n) is 2.88. The van der Waals surface area contributed by atoms with Gasteiger partial charge in [0.2, 0.25) is 0 Å². The number of rotatable bonds is 3. The van der Waals surface area contributed by atoms with Gasteiger partial charge in [0.25, 0.3) is 0 Å². The molecule has 5 heteroatoms. The van der Waals surface area contributed by atoms with Gasteiger partial charge in [-0.05, 0) is 35.4 Å². The average molecular weight is 323 g/mol. The maximum atomic E-state index is 13.0. The van der Waals surface area contributed by atoms with Crippen molar-refractivity contribution in [3.05, 3.63) is 72.3 Å². The van der Waals surface area contributed by atoms with Gasteiger partial charge < -0.3 is 10.1 Å². The zero-order valence-corrected chi connectivity index (χ0v) is 13.2. The van der Waals surface area contributed by atoms with E-state index >= 15 is 0 Å². The number of morpholine rings is 1. The van der Waals surface area contributed by atoms with Crippen molar-refractivity contribution in [2.45, 2.75) is 6.10 Å². The molecule has 1 saturated heterocycles. The summed E-state index contributed by atoms with van der Waals surface area (Å²) in [6.07, 6.45) is 3.88. The summed E-state index contributed by atoms with van der Waals surface area (Å²) >= 11 is 0. The summed E-state index contributed by atoms with van der Waals surface area (Å²) in [5.41, 5.74) is 4.13. The van der Waals surface area contributed by atoms with Gasteiger partial charge in [0.05, 0.1) is 24.6 Å². The molecule has 2 aromatic carbocycles. The highest BCUT2D eigenvalue weighted by molar-refractivity contribution is 5.62. The highest BCUT2D eigenvalue weighted by atomic mass is 19.1. The van der Waals surface area contributed by atoms with Gasteiger partial charge in [0.1, 0.15) is 5.82 Å². The first-order chi connectivity index (χ1) is 11.8. The van der Waals surface area contributed by atoms with Crippen LogP contribution in [0.4, 0.5) is 4.39 Å². The molecule has 3 aromatic rings. The summed E-state index contributed by atoms with van der Waals surface area (Å²) < 4.78 is 20.5. The molecule has 1 fully saturated rings. The van der Waals surface area contributed by atoms with Gasteiger partial charge in [-0.2, -0.15) is 5.10 Å². The Balaban J connectivity index is 1.54. The number of hydrogen-bond donors (Lipinski definition) is 1. The second-order valence-corrected chi connectivity index (χ2v) is 5.84. The Kier molecular flexibility index (Phi) is 4.11. The first-order valence-electron chi connectivity index (χ1n) is 8.03. The van der Waals surface area contributed by atoms with Gasteiger partial charge in [-0.1, -0.05) is 24.3 Å². The largest absolute Gasteiger partial charge is 0.371 e. The SMILES string of the molecule is Fc1ccc(-n2cc(-c3ccc([C@H]4CNCCO4)cc3)cn2)cc1. The van der Waals surface area contributed by atoms with Crippen molar-refractivity contribution in [2.75, 3.05) is 19.7 Å². The third-order valence-electron chi connectivity index (χ3n) is 4.22. The van der Waals surface area contributed by atoms with Crippen molar-refractivity contribution in [2.24, 2.45) is 0 Å². The predicted octanol–water partition coefficient (Wildman–Crippen LogP) is 3.34. The van der Waals surface area contributed by atoms with Gasteiger partial charge >= 0.3 is 0 Å². The van der Waals surface area contributed by atoms with Crippen LogP contribution in [0, 0.1) is 5.82 Å². The van der Waals surface area contributed by atoms with Crippen LogP contribution in [0.25, 0.3) is 16.8 Å². The van der Waals surface area contributed by atoms with Crippen molar-refractivity contribution in [1.82, 2.24) is 15.1 Å². The molecule has 0 amide bonds. The van der Waals surface area contributed by atoms with E-state index in [0.717, 1.165) is 36.5 Å². The monoisotopic (exact) mass is 323 g/mol. The minimum atomic E-state index is -0.249. The van der Waals surface area contributed by atoms with Crippen LogP contribution in [-0.4, -0.2) is 29.5 Å². The second-order valence-electron chi connectivity index (χ2n) is 5.84. The van der Waals surface area contributed by atoms with Gasteiger partial charge in [-0.3, -0.25) is 0 Å². The fraction of sp³-hybridized carbons (Fsp3) is 0.211. The molecule has 2 heterocycles. The van der Waals surface area contributed by atoms with E-state index in [-0.39, 0.29) is 11.9 Å². The van der Waals surface area contributed by atoms with Crippen molar-refractivity contribution in [3.63, 3.8) is 0 Å². The molecule has 4 rings (SSSR count). The third-order valence-corrected chi connectivity index (χ3v) is 4.22. The Morgan fingerprint density at radius 1 is 1.04 bits per heavy atom. The van der Waals surface area contributed by atoms with E-state index < -0.39 is 0 Å². The molecular weight excluding hydrogens is 305 g/mol. The van der Waals surface area contributed by atoms with Gasteiger partial charge in [-0.15, -0.1) is 0 Å². The van der Waals surface area contributed by atoms with Crippen LogP contribution >= 0.6 is 0 Å². The quantitative estimate of drug-likeness (QED) is 0.803. The number of hydrogen-bond acceptors (Lipinski definition) is 3. The van der Waals surface area contributed by atoms with Gasteiger partial charge in [0, 0.05) is 24.8 Å². The highest BCUT2D eigenvalue weighted by Crippen LogP contribution is 2.24. The Hall–Kier alpha value is -2.50. The number of nitrogens with zero attached hydrogens (tertiary/aromatic N) is 2. The maximum absolute atomic E-state index is 13.0. The van der Waals surface area contributed by atoms with Crippen molar-refractivity contribution in [3.8, 4) is 16.8 Å². The summed E-state index contributed by atoms with van der Waals surface area (Å²) in [6.45, 7) is 2.51. The molecule has 1 aliphatic heterocycles. The Labute approximate surface area is 139 Å². The van der Waals surface area contributed by atoms with Crippen molar-refractivity contribution >= 4 is 0 Å². The molecule has 1 aromatic heterocycles. The van der Waals surface area contributed by atoms with Crippen LogP contribution in [0.15, 0.2) is 60.9 Å². The Morgan fingerprint density at radius 3 is 2.54 bits per heavy atom. The van der Waals surface area contributed by atoms with Crippen LogP contribution < -0.4 is 5.32 Å². The fourth-order valence-corrected chi connectivity index (χ4v) is 2.88. The van der Waals surface area contributed by atoms with E-state index in [1.54, 1.807) is 16.8 Å². The molecule has 122 valence electrons. The van der Waals surface area contributed by atoms with E-state index in [4.69, 9.17) is 4.74 Å². The summed E-state index contributed by atoms with van der Waals surface area (Å²) in [7, 11) is 0. The Morgan fingerprint density at radius 2 is 1.83 bits per heavy atom. The van der Waals surface area contributed by atoms with Gasteiger partial charge in [-0.25, -0.2) is 9.07 Å². The molecule has 1 atom stereocenters. The molecule has 1 aliphatic rings. The van der Waals surface area contributed by atoms with Crippen LogP contribution in [0.3, 0.4) is 0 Å². The lowest BCUT2D eigenvalue weighted by molar-refractivity contribution is 0.0277. The van der Waals surface area contributed by atoms with Crippen LogP contribution in [0.5, 0.6) is 0 Å². The molecule has 0 unspecified atom stereocenters. The average Bonchev–Trinajstić information content (AvgIpc) is 3.13. The molecule has 4 nitrogen and oxygen atoms in total. The first kappa shape index (κ1) is 15.1. The topological polar surface area (TPSA) is 39.1 Å². The normalized spacial score (nSPS) is 17.8. The van der Waals surface area contributed by atoms with Gasteiger partial charge in [0.15, 0.2) is 0 Å². The van der Waals surface area contributed by atoms with E-state index in [1.165, 1.54) is 17.7 Å². The second kappa shape index (κ2) is 6.55. The van der Waals surface area contributed by atoms with Crippen LogP contribution in [-0.2, 0) is 4.74 Å². The molecule has 0 radical (unpaired) electrons. The molecule has 0 spiro atoms. The molecular formula is C19H18FN3O. The lowest BCUT2D eigenvalue weighted by atomic mass is 10.0.